The summed E-state index contributed by atoms with van der Waals surface area (Å²) in [5.41, 5.74) is -4.28. The Morgan fingerprint density at radius 3 is 2.73 bits per heavy atom. The van der Waals surface area contributed by atoms with E-state index in [4.69, 9.17) is 0 Å². The Bertz CT molecular complexity index is 1150. The van der Waals surface area contributed by atoms with Crippen molar-refractivity contribution in [1.82, 2.24) is 4.98 Å². The van der Waals surface area contributed by atoms with E-state index in [0.29, 0.717) is 23.9 Å². The summed E-state index contributed by atoms with van der Waals surface area (Å²) in [5, 5.41) is 22.8. The Balaban J connectivity index is 1.55. The number of aliphatic hydroxyl groups is 1. The van der Waals surface area contributed by atoms with Crippen LogP contribution in [-0.4, -0.2) is 56.7 Å². The van der Waals surface area contributed by atoms with Crippen LogP contribution < -0.4 is 5.06 Å². The van der Waals surface area contributed by atoms with Crippen molar-refractivity contribution in [3.8, 4) is 0 Å². The van der Waals surface area contributed by atoms with Crippen molar-refractivity contribution < 1.29 is 33.1 Å². The van der Waals surface area contributed by atoms with Crippen LogP contribution in [0.2, 0.25) is 0 Å². The molecule has 4 aliphatic carbocycles. The summed E-state index contributed by atoms with van der Waals surface area (Å²) in [6.07, 6.45) is 3.63. The maximum absolute atomic E-state index is 17.3. The summed E-state index contributed by atoms with van der Waals surface area (Å²) in [7, 11) is 0. The third-order valence-electron chi connectivity index (χ3n) is 9.60. The first-order valence-electron chi connectivity index (χ1n) is 12.5. The lowest BCUT2D eigenvalue weighted by Crippen LogP contribution is -2.68. The van der Waals surface area contributed by atoms with E-state index in [9.17, 15) is 24.3 Å². The lowest BCUT2D eigenvalue weighted by atomic mass is 9.45. The first-order valence-corrected chi connectivity index (χ1v) is 13.5. The molecule has 10 heteroatoms. The fourth-order valence-corrected chi connectivity index (χ4v) is 8.75. The number of nitrogens with zero attached hydrogens (tertiary/aromatic N) is 2. The van der Waals surface area contributed by atoms with E-state index < -0.39 is 69.4 Å². The number of hydrogen-bond donors (Lipinski definition) is 2. The van der Waals surface area contributed by atoms with Gasteiger partial charge in [0.1, 0.15) is 12.2 Å². The molecule has 3 fully saturated rings. The smallest absolute Gasteiger partial charge is 0.195 e. The van der Waals surface area contributed by atoms with E-state index in [1.165, 1.54) is 25.3 Å². The van der Waals surface area contributed by atoms with Crippen LogP contribution in [0, 0.1) is 34.5 Å². The number of alkyl halides is 3. The summed E-state index contributed by atoms with van der Waals surface area (Å²) in [6, 6.07) is 2.38. The summed E-state index contributed by atoms with van der Waals surface area (Å²) in [4.78, 5) is 29.3. The lowest BCUT2D eigenvalue weighted by Gasteiger charge is -2.62. The summed E-state index contributed by atoms with van der Waals surface area (Å²) in [5.74, 6) is -3.15. The van der Waals surface area contributed by atoms with Crippen molar-refractivity contribution in [1.29, 1.82) is 0 Å². The number of pyridine rings is 1. The molecule has 0 saturated heterocycles. The fraction of sp³-hybridized carbons (Fsp3) is 0.593. The van der Waals surface area contributed by atoms with Gasteiger partial charge in [-0.2, -0.15) is 0 Å². The van der Waals surface area contributed by atoms with E-state index in [-0.39, 0.29) is 25.0 Å². The molecule has 1 aromatic rings. The highest BCUT2D eigenvalue weighted by Crippen LogP contribution is 2.70. The fourth-order valence-electron chi connectivity index (χ4n) is 8.00. The number of aromatic nitrogens is 1. The van der Waals surface area contributed by atoms with Crippen LogP contribution in [0.15, 0.2) is 48.3 Å². The van der Waals surface area contributed by atoms with Gasteiger partial charge in [-0.05, 0) is 73.3 Å². The molecule has 2 N–H and O–H groups in total. The molecule has 6 nitrogen and oxygen atoms in total. The predicted molar refractivity (Wildman–Crippen MR) is 133 cm³/mol. The maximum atomic E-state index is 17.3. The van der Waals surface area contributed by atoms with Gasteiger partial charge >= 0.3 is 0 Å². The minimum absolute atomic E-state index is 0.0129. The molecule has 37 heavy (non-hydrogen) atoms. The normalized spacial score (nSPS) is 42.5. The van der Waals surface area contributed by atoms with Crippen molar-refractivity contribution >= 4 is 28.3 Å². The average molecular weight is 537 g/mol. The van der Waals surface area contributed by atoms with Crippen LogP contribution in [0.1, 0.15) is 33.1 Å². The second kappa shape index (κ2) is 9.24. The molecular weight excluding hydrogens is 505 g/mol. The number of anilines is 1. The van der Waals surface area contributed by atoms with Gasteiger partial charge < -0.3 is 5.11 Å². The second-order valence-corrected chi connectivity index (χ2v) is 12.2. The number of aliphatic hydroxyl groups excluding tert-OH is 1. The van der Waals surface area contributed by atoms with Gasteiger partial charge in [0.15, 0.2) is 16.6 Å². The molecule has 0 radical (unpaired) electrons. The van der Waals surface area contributed by atoms with Crippen LogP contribution in [-0.2, 0) is 9.59 Å². The Labute approximate surface area is 218 Å². The van der Waals surface area contributed by atoms with Crippen LogP contribution in [0.4, 0.5) is 18.9 Å². The minimum atomic E-state index is -2.26. The second-order valence-electron chi connectivity index (χ2n) is 11.3. The first-order chi connectivity index (χ1) is 17.5. The Morgan fingerprint density at radius 2 is 2.05 bits per heavy atom. The molecule has 0 aromatic carbocycles. The molecule has 4 aliphatic rings. The molecule has 3 saturated carbocycles. The molecular formula is C27H31F3N2O4S. The zero-order valence-electron chi connectivity index (χ0n) is 20.7. The third kappa shape index (κ3) is 3.81. The van der Waals surface area contributed by atoms with Gasteiger partial charge in [-0.25, -0.2) is 13.2 Å². The molecule has 0 bridgehead atoms. The van der Waals surface area contributed by atoms with Crippen LogP contribution >= 0.6 is 11.8 Å². The SMILES string of the molecule is C[C@]12C[C@H](O)[C@@]3(F)[C@@H](C[C@H](F)C4=CC(=O)C=C[C@@]43C)[C@@H]1C[C@@H](CN(O)c1cccnc1)[C@@H]2C(=O)SCF. The number of thioether (sulfide) groups is 1. The zero-order chi connectivity index (χ0) is 26.8. The standard InChI is InChI=1S/C27H31F3N2O4S/c1-25-11-22(34)27(30)19(10-21(29)20-9-17(33)5-6-26(20,27)2)18(25)8-15(23(25)24(35)37-14-28)13-32(36)16-4-3-7-31-12-16/h3-7,9,12,15,18-19,21-23,34,36H,8,10-11,13-14H2,1-2H3/t15-,18-,19-,21-,22-,23+,25-,26-,27-/m0/s1. The highest BCUT2D eigenvalue weighted by molar-refractivity contribution is 8.13. The highest BCUT2D eigenvalue weighted by Gasteiger charge is 2.73. The van der Waals surface area contributed by atoms with Crippen LogP contribution in [0.3, 0.4) is 0 Å². The number of hydroxylamine groups is 1. The van der Waals surface area contributed by atoms with E-state index in [2.05, 4.69) is 4.98 Å². The van der Waals surface area contributed by atoms with E-state index in [0.717, 1.165) is 11.1 Å². The number of hydrogen-bond acceptors (Lipinski definition) is 7. The average Bonchev–Trinajstić information content (AvgIpc) is 3.14. The molecule has 0 unspecified atom stereocenters. The number of carbonyl (C=O) groups is 2. The molecule has 0 aliphatic heterocycles. The minimum Gasteiger partial charge on any atom is -0.390 e. The number of carbonyl (C=O) groups excluding carboxylic acids is 2. The third-order valence-corrected chi connectivity index (χ3v) is 10.3. The summed E-state index contributed by atoms with van der Waals surface area (Å²) in [6.45, 7) is 3.34. The van der Waals surface area contributed by atoms with Gasteiger partial charge in [0, 0.05) is 30.0 Å². The van der Waals surface area contributed by atoms with Crippen molar-refractivity contribution in [2.24, 2.45) is 34.5 Å². The Hall–Kier alpha value is -2.17. The highest BCUT2D eigenvalue weighted by atomic mass is 32.2. The number of halogens is 3. The van der Waals surface area contributed by atoms with Gasteiger partial charge in [0.2, 0.25) is 0 Å². The van der Waals surface area contributed by atoms with Gasteiger partial charge in [-0.15, -0.1) is 0 Å². The molecule has 0 amide bonds. The van der Waals surface area contributed by atoms with Crippen LogP contribution in [0.5, 0.6) is 0 Å². The molecule has 1 aromatic heterocycles. The number of allylic oxidation sites excluding steroid dienone is 4. The van der Waals surface area contributed by atoms with Gasteiger partial charge in [0.25, 0.3) is 0 Å². The van der Waals surface area contributed by atoms with Crippen molar-refractivity contribution in [3.05, 3.63) is 48.3 Å². The number of ketones is 1. The van der Waals surface area contributed by atoms with Gasteiger partial charge in [-0.3, -0.25) is 24.8 Å². The Kier molecular flexibility index (Phi) is 6.60. The lowest BCUT2D eigenvalue weighted by molar-refractivity contribution is -0.201. The van der Waals surface area contributed by atoms with Crippen molar-refractivity contribution in [3.63, 3.8) is 0 Å². The number of fused-ring (bicyclic) bond motifs is 5. The topological polar surface area (TPSA) is 90.7 Å². The summed E-state index contributed by atoms with van der Waals surface area (Å²) < 4.78 is 46.2. The molecule has 1 heterocycles. The molecule has 9 atom stereocenters. The monoisotopic (exact) mass is 536 g/mol. The predicted octanol–water partition coefficient (Wildman–Crippen LogP) is 4.63. The van der Waals surface area contributed by atoms with E-state index in [1.54, 1.807) is 25.3 Å². The quantitative estimate of drug-likeness (QED) is 0.531. The Morgan fingerprint density at radius 1 is 1.30 bits per heavy atom. The zero-order valence-corrected chi connectivity index (χ0v) is 21.5. The van der Waals surface area contributed by atoms with Gasteiger partial charge in [0.05, 0.1) is 18.0 Å². The molecule has 200 valence electrons. The van der Waals surface area contributed by atoms with Crippen molar-refractivity contribution in [2.45, 2.75) is 51.1 Å². The van der Waals surface area contributed by atoms with Crippen LogP contribution in [0.25, 0.3) is 0 Å². The summed E-state index contributed by atoms with van der Waals surface area (Å²) >= 11 is 0.532. The number of rotatable bonds is 5. The van der Waals surface area contributed by atoms with Crippen molar-refractivity contribution in [2.75, 3.05) is 17.6 Å². The largest absolute Gasteiger partial charge is 0.390 e. The maximum Gasteiger partial charge on any atom is 0.195 e. The van der Waals surface area contributed by atoms with Gasteiger partial charge in [-0.1, -0.05) is 24.8 Å². The first kappa shape index (κ1) is 26.4. The molecule has 0 spiro atoms. The van der Waals surface area contributed by atoms with E-state index >= 15 is 8.78 Å². The molecule has 5 rings (SSSR count). The van der Waals surface area contributed by atoms with E-state index in [1.807, 2.05) is 0 Å².